The zero-order chi connectivity index (χ0) is 13.9. The third-order valence-electron chi connectivity index (χ3n) is 4.20. The van der Waals surface area contributed by atoms with Crippen LogP contribution in [-0.2, 0) is 5.41 Å². The van der Waals surface area contributed by atoms with Crippen LogP contribution in [-0.4, -0.2) is 24.8 Å². The van der Waals surface area contributed by atoms with E-state index >= 15 is 0 Å². The van der Waals surface area contributed by atoms with Crippen molar-refractivity contribution in [3.63, 3.8) is 0 Å². The molecule has 0 amide bonds. The van der Waals surface area contributed by atoms with E-state index in [1.165, 1.54) is 5.56 Å². The molecule has 0 bridgehead atoms. The quantitative estimate of drug-likeness (QED) is 0.887. The fourth-order valence-corrected chi connectivity index (χ4v) is 3.45. The highest BCUT2D eigenvalue weighted by Crippen LogP contribution is 2.43. The van der Waals surface area contributed by atoms with Crippen molar-refractivity contribution in [1.82, 2.24) is 5.32 Å². The van der Waals surface area contributed by atoms with Crippen molar-refractivity contribution in [2.45, 2.75) is 43.6 Å². The lowest BCUT2D eigenvalue weighted by Crippen LogP contribution is -2.37. The summed E-state index contributed by atoms with van der Waals surface area (Å²) >= 11 is 12.2. The zero-order valence-corrected chi connectivity index (χ0v) is 12.8. The van der Waals surface area contributed by atoms with Gasteiger partial charge in [0.05, 0.1) is 16.1 Å². The highest BCUT2D eigenvalue weighted by molar-refractivity contribution is 6.42. The Morgan fingerprint density at radius 1 is 1.37 bits per heavy atom. The Hall–Kier alpha value is -0.280. The maximum absolute atomic E-state index is 10.0. The Morgan fingerprint density at radius 3 is 2.79 bits per heavy atom. The van der Waals surface area contributed by atoms with E-state index in [0.29, 0.717) is 10.0 Å². The van der Waals surface area contributed by atoms with Gasteiger partial charge in [-0.15, -0.1) is 0 Å². The summed E-state index contributed by atoms with van der Waals surface area (Å²) in [5, 5.41) is 14.4. The van der Waals surface area contributed by atoms with Gasteiger partial charge in [0.2, 0.25) is 0 Å². The predicted octanol–water partition coefficient (Wildman–Crippen LogP) is 3.78. The zero-order valence-electron chi connectivity index (χ0n) is 11.3. The number of halogens is 2. The second-order valence-corrected chi connectivity index (χ2v) is 6.33. The summed E-state index contributed by atoms with van der Waals surface area (Å²) in [5.74, 6) is 0. The molecule has 1 aliphatic carbocycles. The first-order chi connectivity index (χ1) is 9.07. The minimum Gasteiger partial charge on any atom is -0.393 e. The van der Waals surface area contributed by atoms with Crippen molar-refractivity contribution in [1.29, 1.82) is 0 Å². The van der Waals surface area contributed by atoms with Gasteiger partial charge in [-0.1, -0.05) is 29.3 Å². The Bertz CT molecular complexity index is 438. The average Bonchev–Trinajstić information content (AvgIpc) is 2.39. The van der Waals surface area contributed by atoms with E-state index in [9.17, 15) is 5.11 Å². The van der Waals surface area contributed by atoms with Gasteiger partial charge >= 0.3 is 0 Å². The van der Waals surface area contributed by atoms with Crippen LogP contribution in [0.4, 0.5) is 0 Å². The number of aliphatic hydroxyl groups is 1. The van der Waals surface area contributed by atoms with Crippen LogP contribution in [0.1, 0.15) is 37.7 Å². The number of aliphatic hydroxyl groups excluding tert-OH is 1. The second-order valence-electron chi connectivity index (χ2n) is 5.51. The summed E-state index contributed by atoms with van der Waals surface area (Å²) in [7, 11) is 1.96. The average molecular weight is 302 g/mol. The number of hydrogen-bond acceptors (Lipinski definition) is 2. The summed E-state index contributed by atoms with van der Waals surface area (Å²) in [4.78, 5) is 0. The highest BCUT2D eigenvalue weighted by Gasteiger charge is 2.37. The van der Waals surface area contributed by atoms with Gasteiger partial charge in [-0.25, -0.2) is 0 Å². The molecule has 2 rings (SSSR count). The van der Waals surface area contributed by atoms with Gasteiger partial charge < -0.3 is 10.4 Å². The third kappa shape index (κ3) is 3.43. The van der Waals surface area contributed by atoms with Crippen LogP contribution in [0.5, 0.6) is 0 Å². The molecular weight excluding hydrogens is 281 g/mol. The first kappa shape index (κ1) is 15.1. The van der Waals surface area contributed by atoms with Crippen molar-refractivity contribution in [3.8, 4) is 0 Å². The predicted molar refractivity (Wildman–Crippen MR) is 81.2 cm³/mol. The van der Waals surface area contributed by atoms with Gasteiger partial charge in [-0.3, -0.25) is 0 Å². The topological polar surface area (TPSA) is 32.3 Å². The Labute approximate surface area is 125 Å². The molecule has 4 heteroatoms. The molecule has 106 valence electrons. The van der Waals surface area contributed by atoms with Crippen LogP contribution in [0, 0.1) is 0 Å². The molecular formula is C15H21Cl2NO. The number of benzene rings is 1. The largest absolute Gasteiger partial charge is 0.393 e. The Balaban J connectivity index is 2.32. The molecule has 1 aromatic rings. The van der Waals surface area contributed by atoms with E-state index in [1.54, 1.807) is 0 Å². The first-order valence-electron chi connectivity index (χ1n) is 6.85. The van der Waals surface area contributed by atoms with E-state index < -0.39 is 0 Å². The minimum absolute atomic E-state index is 0.0227. The van der Waals surface area contributed by atoms with Crippen LogP contribution in [0.3, 0.4) is 0 Å². The molecule has 19 heavy (non-hydrogen) atoms. The molecule has 1 saturated carbocycles. The molecule has 1 aromatic carbocycles. The van der Waals surface area contributed by atoms with Crippen LogP contribution in [0.25, 0.3) is 0 Å². The van der Waals surface area contributed by atoms with Crippen LogP contribution in [0.15, 0.2) is 18.2 Å². The lowest BCUT2D eigenvalue weighted by Gasteiger charge is -2.40. The smallest absolute Gasteiger partial charge is 0.0595 e. The fourth-order valence-electron chi connectivity index (χ4n) is 3.16. The van der Waals surface area contributed by atoms with Crippen molar-refractivity contribution in [3.05, 3.63) is 33.8 Å². The number of rotatable bonds is 4. The maximum Gasteiger partial charge on any atom is 0.0595 e. The van der Waals surface area contributed by atoms with Crippen LogP contribution < -0.4 is 5.32 Å². The fraction of sp³-hybridized carbons (Fsp3) is 0.600. The molecule has 0 radical (unpaired) electrons. The van der Waals surface area contributed by atoms with Gasteiger partial charge in [0, 0.05) is 0 Å². The standard InChI is InChI=1S/C15H21Cl2NO/c1-18-8-7-15(6-2-3-12(19)10-15)11-4-5-13(16)14(17)9-11/h4-5,9,12,18-19H,2-3,6-8,10H2,1H3. The lowest BCUT2D eigenvalue weighted by atomic mass is 9.66. The van der Waals surface area contributed by atoms with Gasteiger partial charge in [-0.2, -0.15) is 0 Å². The normalized spacial score (nSPS) is 27.5. The van der Waals surface area contributed by atoms with Crippen molar-refractivity contribution in [2.75, 3.05) is 13.6 Å². The molecule has 2 atom stereocenters. The van der Waals surface area contributed by atoms with Crippen molar-refractivity contribution < 1.29 is 5.11 Å². The summed E-state index contributed by atoms with van der Waals surface area (Å²) in [6, 6.07) is 5.89. The first-order valence-corrected chi connectivity index (χ1v) is 7.61. The summed E-state index contributed by atoms with van der Waals surface area (Å²) in [5.41, 5.74) is 1.23. The summed E-state index contributed by atoms with van der Waals surface area (Å²) in [6.07, 6.45) is 4.68. The van der Waals surface area contributed by atoms with E-state index in [-0.39, 0.29) is 11.5 Å². The van der Waals surface area contributed by atoms with Crippen LogP contribution in [0.2, 0.25) is 10.0 Å². The summed E-state index contributed by atoms with van der Waals surface area (Å²) < 4.78 is 0. The van der Waals surface area contributed by atoms with E-state index in [2.05, 4.69) is 11.4 Å². The van der Waals surface area contributed by atoms with Gasteiger partial charge in [0.15, 0.2) is 0 Å². The van der Waals surface area contributed by atoms with Crippen molar-refractivity contribution in [2.24, 2.45) is 0 Å². The van der Waals surface area contributed by atoms with Crippen LogP contribution >= 0.6 is 23.2 Å². The van der Waals surface area contributed by atoms with E-state index in [4.69, 9.17) is 23.2 Å². The number of hydrogen-bond donors (Lipinski definition) is 2. The Morgan fingerprint density at radius 2 is 2.16 bits per heavy atom. The molecule has 0 heterocycles. The lowest BCUT2D eigenvalue weighted by molar-refractivity contribution is 0.0807. The Kier molecular flexibility index (Phi) is 5.13. The molecule has 1 fully saturated rings. The van der Waals surface area contributed by atoms with E-state index in [1.807, 2.05) is 19.2 Å². The second kappa shape index (κ2) is 6.45. The monoisotopic (exact) mass is 301 g/mol. The van der Waals surface area contributed by atoms with Gasteiger partial charge in [-0.05, 0) is 68.8 Å². The molecule has 0 saturated heterocycles. The molecule has 0 aromatic heterocycles. The highest BCUT2D eigenvalue weighted by atomic mass is 35.5. The maximum atomic E-state index is 10.0. The molecule has 2 N–H and O–H groups in total. The minimum atomic E-state index is -0.208. The van der Waals surface area contributed by atoms with E-state index in [0.717, 1.165) is 38.6 Å². The molecule has 1 aliphatic rings. The summed E-state index contributed by atoms with van der Waals surface area (Å²) in [6.45, 7) is 0.937. The van der Waals surface area contributed by atoms with Crippen molar-refractivity contribution >= 4 is 23.2 Å². The third-order valence-corrected chi connectivity index (χ3v) is 4.94. The molecule has 0 aliphatic heterocycles. The van der Waals surface area contributed by atoms with Gasteiger partial charge in [0.25, 0.3) is 0 Å². The molecule has 2 nitrogen and oxygen atoms in total. The molecule has 2 unspecified atom stereocenters. The molecule has 0 spiro atoms. The SMILES string of the molecule is CNCCC1(c2ccc(Cl)c(Cl)c2)CCCC(O)C1. The van der Waals surface area contributed by atoms with Gasteiger partial charge in [0.1, 0.15) is 0 Å². The number of nitrogens with one attached hydrogen (secondary N) is 1.